The van der Waals surface area contributed by atoms with Gasteiger partial charge in [0.05, 0.1) is 5.41 Å². The second-order valence-electron chi connectivity index (χ2n) is 9.57. The Bertz CT molecular complexity index is 1220. The van der Waals surface area contributed by atoms with E-state index in [0.29, 0.717) is 0 Å². The molecule has 0 saturated heterocycles. The van der Waals surface area contributed by atoms with E-state index >= 15 is 0 Å². The van der Waals surface area contributed by atoms with Crippen LogP contribution in [0.3, 0.4) is 0 Å². The largest absolute Gasteiger partial charge is 0.388 e. The molecule has 0 radical (unpaired) electrons. The van der Waals surface area contributed by atoms with Crippen LogP contribution < -0.4 is 5.32 Å². The molecule has 1 aliphatic carbocycles. The molecule has 0 unspecified atom stereocenters. The number of aryl methyl sites for hydroxylation is 2. The quantitative estimate of drug-likeness (QED) is 0.258. The third-order valence-corrected chi connectivity index (χ3v) is 7.38. The van der Waals surface area contributed by atoms with Crippen molar-refractivity contribution in [2.75, 3.05) is 6.54 Å². The first-order valence-electron chi connectivity index (χ1n) is 12.8. The Morgan fingerprint density at radius 2 is 1.40 bits per heavy atom. The Morgan fingerprint density at radius 1 is 0.743 bits per heavy atom. The molecule has 1 aliphatic rings. The highest BCUT2D eigenvalue weighted by molar-refractivity contribution is 5.58. The number of aromatic nitrogens is 1. The van der Waals surface area contributed by atoms with E-state index in [1.165, 1.54) is 27.8 Å². The number of hydrogen-bond acceptors (Lipinski definition) is 2. The lowest BCUT2D eigenvalue weighted by Crippen LogP contribution is -2.40. The third-order valence-electron chi connectivity index (χ3n) is 7.38. The molecule has 0 saturated carbocycles. The van der Waals surface area contributed by atoms with Crippen molar-refractivity contribution < 1.29 is 0 Å². The van der Waals surface area contributed by atoms with Gasteiger partial charge in [-0.1, -0.05) is 91.5 Å². The monoisotopic (exact) mass is 458 g/mol. The molecular weight excluding hydrogens is 424 g/mol. The van der Waals surface area contributed by atoms with Crippen molar-refractivity contribution in [2.24, 2.45) is 0 Å². The third kappa shape index (κ3) is 4.93. The molecule has 0 atom stereocenters. The van der Waals surface area contributed by atoms with Crippen molar-refractivity contribution in [1.29, 1.82) is 0 Å². The van der Waals surface area contributed by atoms with Crippen LogP contribution >= 0.6 is 0 Å². The van der Waals surface area contributed by atoms with E-state index in [4.69, 9.17) is 6.58 Å². The number of nitrogens with one attached hydrogen (secondary N) is 1. The summed E-state index contributed by atoms with van der Waals surface area (Å²) in [6.07, 6.45) is 8.05. The summed E-state index contributed by atoms with van der Waals surface area (Å²) in [5, 5.41) is 3.77. The molecule has 2 heteroatoms. The van der Waals surface area contributed by atoms with Gasteiger partial charge in [0.2, 0.25) is 0 Å². The summed E-state index contributed by atoms with van der Waals surface area (Å²) in [5.41, 5.74) is 9.09. The van der Waals surface area contributed by atoms with Gasteiger partial charge < -0.3 is 5.32 Å². The summed E-state index contributed by atoms with van der Waals surface area (Å²) < 4.78 is 0. The maximum absolute atomic E-state index is 4.69. The maximum atomic E-state index is 4.69. The fourth-order valence-electron chi connectivity index (χ4n) is 5.69. The lowest BCUT2D eigenvalue weighted by atomic mass is 9.62. The Kier molecular flexibility index (Phi) is 7.09. The molecule has 0 spiro atoms. The van der Waals surface area contributed by atoms with Gasteiger partial charge in [0.25, 0.3) is 0 Å². The van der Waals surface area contributed by atoms with Crippen LogP contribution in [0, 0.1) is 0 Å². The fourth-order valence-corrected chi connectivity index (χ4v) is 5.69. The zero-order chi connectivity index (χ0) is 23.9. The standard InChI is InChI=1S/C33H34N2/c1-26(34-24-12-19-30-18-9-10-23-35-30)33(22-11-15-27-13-3-2-4-14-27)31-20-7-5-16-28(31)25-29-17-6-8-21-32(29)33/h2-10,13-14,16-18,20-21,23,34H,1,11-12,15,19,22,24-25H2. The molecule has 0 fully saturated rings. The topological polar surface area (TPSA) is 24.9 Å². The predicted octanol–water partition coefficient (Wildman–Crippen LogP) is 7.03. The Hall–Kier alpha value is -3.65. The molecule has 4 aromatic rings. The number of pyridine rings is 1. The average molecular weight is 459 g/mol. The SMILES string of the molecule is C=C(NCCCc1ccccn1)C1(CCCc2ccccc2)c2ccccc2Cc2ccccc21. The first-order chi connectivity index (χ1) is 17.3. The highest BCUT2D eigenvalue weighted by Crippen LogP contribution is 2.48. The van der Waals surface area contributed by atoms with E-state index < -0.39 is 0 Å². The van der Waals surface area contributed by atoms with E-state index in [9.17, 15) is 0 Å². The van der Waals surface area contributed by atoms with E-state index in [1.807, 2.05) is 12.3 Å². The summed E-state index contributed by atoms with van der Waals surface area (Å²) in [5.74, 6) is 0. The number of nitrogens with zero attached hydrogens (tertiary/aromatic N) is 1. The minimum Gasteiger partial charge on any atom is -0.388 e. The number of hydrogen-bond donors (Lipinski definition) is 1. The van der Waals surface area contributed by atoms with Crippen molar-refractivity contribution in [1.82, 2.24) is 10.3 Å². The van der Waals surface area contributed by atoms with E-state index in [1.54, 1.807) is 0 Å². The van der Waals surface area contributed by atoms with Crippen LogP contribution in [-0.2, 0) is 24.7 Å². The lowest BCUT2D eigenvalue weighted by molar-refractivity contribution is 0.473. The van der Waals surface area contributed by atoms with Crippen LogP contribution in [0.2, 0.25) is 0 Å². The second kappa shape index (κ2) is 10.7. The Labute approximate surface area is 209 Å². The van der Waals surface area contributed by atoms with Gasteiger partial charge in [-0.3, -0.25) is 4.98 Å². The van der Waals surface area contributed by atoms with Crippen molar-refractivity contribution >= 4 is 0 Å². The van der Waals surface area contributed by atoms with E-state index in [-0.39, 0.29) is 5.41 Å². The lowest BCUT2D eigenvalue weighted by Gasteiger charge is -2.43. The molecule has 1 heterocycles. The van der Waals surface area contributed by atoms with Gasteiger partial charge in [-0.2, -0.15) is 0 Å². The Balaban J connectivity index is 1.42. The first kappa shape index (κ1) is 23.1. The minimum absolute atomic E-state index is 0.231. The van der Waals surface area contributed by atoms with Gasteiger partial charge >= 0.3 is 0 Å². The zero-order valence-corrected chi connectivity index (χ0v) is 20.4. The molecule has 0 aliphatic heterocycles. The van der Waals surface area contributed by atoms with Crippen molar-refractivity contribution in [2.45, 2.75) is 43.9 Å². The van der Waals surface area contributed by atoms with Crippen LogP contribution in [0.5, 0.6) is 0 Å². The highest BCUT2D eigenvalue weighted by atomic mass is 14.9. The molecule has 2 nitrogen and oxygen atoms in total. The van der Waals surface area contributed by atoms with Gasteiger partial charge in [0, 0.05) is 24.1 Å². The minimum atomic E-state index is -0.231. The molecule has 0 amide bonds. The summed E-state index contributed by atoms with van der Waals surface area (Å²) >= 11 is 0. The number of allylic oxidation sites excluding steroid dienone is 1. The van der Waals surface area contributed by atoms with Crippen molar-refractivity contribution in [3.05, 3.63) is 149 Å². The van der Waals surface area contributed by atoms with Crippen LogP contribution in [0.25, 0.3) is 0 Å². The van der Waals surface area contributed by atoms with Crippen molar-refractivity contribution in [3.8, 4) is 0 Å². The molecule has 1 aromatic heterocycles. The molecule has 176 valence electrons. The molecule has 0 bridgehead atoms. The molecular formula is C33H34N2. The van der Waals surface area contributed by atoms with Crippen molar-refractivity contribution in [3.63, 3.8) is 0 Å². The molecule has 35 heavy (non-hydrogen) atoms. The van der Waals surface area contributed by atoms with Gasteiger partial charge in [-0.15, -0.1) is 0 Å². The number of rotatable bonds is 10. The fraction of sp³-hybridized carbons (Fsp3) is 0.242. The number of fused-ring (bicyclic) bond motifs is 2. The van der Waals surface area contributed by atoms with Crippen LogP contribution in [0.1, 0.15) is 52.8 Å². The zero-order valence-electron chi connectivity index (χ0n) is 20.4. The smallest absolute Gasteiger partial charge is 0.0597 e. The van der Waals surface area contributed by atoms with Gasteiger partial charge in [-0.25, -0.2) is 0 Å². The van der Waals surface area contributed by atoms with Crippen LogP contribution in [-0.4, -0.2) is 11.5 Å². The second-order valence-corrected chi connectivity index (χ2v) is 9.57. The molecule has 3 aromatic carbocycles. The summed E-state index contributed by atoms with van der Waals surface area (Å²) in [7, 11) is 0. The molecule has 1 N–H and O–H groups in total. The Morgan fingerprint density at radius 3 is 2.09 bits per heavy atom. The first-order valence-corrected chi connectivity index (χ1v) is 12.8. The van der Waals surface area contributed by atoms with Crippen LogP contribution in [0.15, 0.2) is 116 Å². The van der Waals surface area contributed by atoms with Gasteiger partial charge in [-0.05, 0) is 78.5 Å². The van der Waals surface area contributed by atoms with Gasteiger partial charge in [0.1, 0.15) is 0 Å². The molecule has 5 rings (SSSR count). The highest BCUT2D eigenvalue weighted by Gasteiger charge is 2.42. The summed E-state index contributed by atoms with van der Waals surface area (Å²) in [6, 6.07) is 34.9. The average Bonchev–Trinajstić information content (AvgIpc) is 2.91. The number of benzene rings is 3. The van der Waals surface area contributed by atoms with Crippen LogP contribution in [0.4, 0.5) is 0 Å². The summed E-state index contributed by atoms with van der Waals surface area (Å²) in [6.45, 7) is 5.58. The summed E-state index contributed by atoms with van der Waals surface area (Å²) in [4.78, 5) is 4.48. The van der Waals surface area contributed by atoms with Gasteiger partial charge in [0.15, 0.2) is 0 Å². The maximum Gasteiger partial charge on any atom is 0.0597 e. The normalized spacial score (nSPS) is 13.5. The van der Waals surface area contributed by atoms with E-state index in [2.05, 4.69) is 101 Å². The predicted molar refractivity (Wildman–Crippen MR) is 146 cm³/mol. The van der Waals surface area contributed by atoms with E-state index in [0.717, 1.165) is 56.5 Å².